The highest BCUT2D eigenvalue weighted by molar-refractivity contribution is 5.81. The number of Topliss-reactive ketones (excluding diaryl/α,β-unsaturated/α-hetero) is 1. The van der Waals surface area contributed by atoms with E-state index < -0.39 is 31.5 Å². The largest absolute Gasteiger partial charge is 0.441 e. The number of halogens is 4. The number of carbonyl (C=O) groups excluding carboxylic acids is 2. The van der Waals surface area contributed by atoms with Crippen LogP contribution in [0, 0.1) is 0 Å². The highest BCUT2D eigenvalue weighted by Gasteiger charge is 2.50. The molecule has 22 heavy (non-hydrogen) atoms. The summed E-state index contributed by atoms with van der Waals surface area (Å²) in [5.41, 5.74) is 0. The van der Waals surface area contributed by atoms with E-state index in [0.29, 0.717) is 6.42 Å². The third-order valence-corrected chi connectivity index (χ3v) is 2.11. The van der Waals surface area contributed by atoms with Crippen molar-refractivity contribution in [2.45, 2.75) is 38.9 Å². The number of ether oxygens (including phenoxy) is 3. The number of likely N-dealkylation sites (N-methyl/N-ethyl adjacent to an activating group) is 1. The fourth-order valence-corrected chi connectivity index (χ4v) is 1.25. The molecule has 0 aliphatic carbocycles. The molecule has 0 aromatic carbocycles. The molecular weight excluding hydrogens is 314 g/mol. The van der Waals surface area contributed by atoms with Crippen LogP contribution in [0.15, 0.2) is 0 Å². The molecule has 0 fully saturated rings. The van der Waals surface area contributed by atoms with Gasteiger partial charge in [-0.1, -0.05) is 6.92 Å². The van der Waals surface area contributed by atoms with Crippen molar-refractivity contribution in [1.82, 2.24) is 5.32 Å². The lowest BCUT2D eigenvalue weighted by molar-refractivity contribution is -0.371. The SMILES string of the molecule is CCCC(=O)COCOCC(F)(F)OC(F)(F)C(=O)NCC. The van der Waals surface area contributed by atoms with Gasteiger partial charge in [0.2, 0.25) is 0 Å². The van der Waals surface area contributed by atoms with Gasteiger partial charge in [-0.15, -0.1) is 0 Å². The summed E-state index contributed by atoms with van der Waals surface area (Å²) in [6, 6.07) is 0. The fourth-order valence-electron chi connectivity index (χ4n) is 1.25. The monoisotopic (exact) mass is 333 g/mol. The molecule has 1 amide bonds. The average Bonchev–Trinajstić information content (AvgIpc) is 2.37. The maximum absolute atomic E-state index is 13.1. The van der Waals surface area contributed by atoms with Crippen molar-refractivity contribution in [2.24, 2.45) is 0 Å². The molecule has 0 atom stereocenters. The first-order chi connectivity index (χ1) is 10.1. The van der Waals surface area contributed by atoms with Crippen LogP contribution < -0.4 is 5.32 Å². The molecule has 0 bridgehead atoms. The van der Waals surface area contributed by atoms with E-state index >= 15 is 0 Å². The van der Waals surface area contributed by atoms with Crippen LogP contribution in [-0.4, -0.2) is 50.5 Å². The normalized spacial score (nSPS) is 12.3. The number of carbonyl (C=O) groups is 2. The number of amides is 1. The third-order valence-electron chi connectivity index (χ3n) is 2.11. The summed E-state index contributed by atoms with van der Waals surface area (Å²) in [4.78, 5) is 21.9. The number of nitrogens with one attached hydrogen (secondary N) is 1. The van der Waals surface area contributed by atoms with Gasteiger partial charge < -0.3 is 14.8 Å². The zero-order chi connectivity index (χ0) is 17.2. The van der Waals surface area contributed by atoms with Gasteiger partial charge in [-0.3, -0.25) is 9.59 Å². The number of alkyl halides is 4. The minimum atomic E-state index is -4.69. The van der Waals surface area contributed by atoms with Gasteiger partial charge in [0.25, 0.3) is 0 Å². The van der Waals surface area contributed by atoms with Crippen molar-refractivity contribution in [3.05, 3.63) is 0 Å². The van der Waals surface area contributed by atoms with Gasteiger partial charge in [-0.05, 0) is 13.3 Å². The second-order valence-corrected chi connectivity index (χ2v) is 4.22. The Labute approximate surface area is 125 Å². The fraction of sp³-hybridized carbons (Fsp3) is 0.833. The molecule has 10 heteroatoms. The zero-order valence-corrected chi connectivity index (χ0v) is 12.3. The molecule has 6 nitrogen and oxygen atoms in total. The van der Waals surface area contributed by atoms with Crippen molar-refractivity contribution in [3.8, 4) is 0 Å². The standard InChI is InChI=1S/C12H19F4NO5/c1-3-5-9(18)6-20-8-21-7-11(13,14)22-12(15,16)10(19)17-4-2/h3-8H2,1-2H3,(H,17,19). The molecule has 1 N–H and O–H groups in total. The molecule has 0 aliphatic heterocycles. The summed E-state index contributed by atoms with van der Waals surface area (Å²) < 4.78 is 64.3. The Balaban J connectivity index is 4.09. The van der Waals surface area contributed by atoms with Crippen LogP contribution >= 0.6 is 0 Å². The molecule has 0 radical (unpaired) electrons. The Morgan fingerprint density at radius 2 is 1.73 bits per heavy atom. The van der Waals surface area contributed by atoms with Gasteiger partial charge in [0, 0.05) is 13.0 Å². The van der Waals surface area contributed by atoms with Crippen molar-refractivity contribution in [3.63, 3.8) is 0 Å². The molecule has 0 spiro atoms. The van der Waals surface area contributed by atoms with Gasteiger partial charge in [-0.25, -0.2) is 4.74 Å². The Morgan fingerprint density at radius 1 is 1.09 bits per heavy atom. The molecule has 0 aromatic heterocycles. The topological polar surface area (TPSA) is 73.9 Å². The maximum Gasteiger partial charge on any atom is 0.441 e. The first-order valence-electron chi connectivity index (χ1n) is 6.56. The van der Waals surface area contributed by atoms with Crippen LogP contribution in [0.5, 0.6) is 0 Å². The van der Waals surface area contributed by atoms with E-state index in [-0.39, 0.29) is 25.4 Å². The van der Waals surface area contributed by atoms with Crippen molar-refractivity contribution < 1.29 is 41.4 Å². The Bertz CT molecular complexity index is 365. The number of hydrogen-bond acceptors (Lipinski definition) is 5. The number of ketones is 1. The van der Waals surface area contributed by atoms with Crippen LogP contribution in [0.3, 0.4) is 0 Å². The van der Waals surface area contributed by atoms with Crippen LogP contribution in [-0.2, 0) is 23.8 Å². The van der Waals surface area contributed by atoms with Crippen molar-refractivity contribution in [2.75, 3.05) is 26.6 Å². The van der Waals surface area contributed by atoms with E-state index in [2.05, 4.69) is 14.2 Å². The molecule has 0 aliphatic rings. The summed E-state index contributed by atoms with van der Waals surface area (Å²) >= 11 is 0. The van der Waals surface area contributed by atoms with Gasteiger partial charge >= 0.3 is 18.1 Å². The highest BCUT2D eigenvalue weighted by Crippen LogP contribution is 2.27. The summed E-state index contributed by atoms with van der Waals surface area (Å²) in [6.45, 7) is 0.382. The Morgan fingerprint density at radius 3 is 2.27 bits per heavy atom. The molecule has 0 heterocycles. The van der Waals surface area contributed by atoms with E-state index in [1.54, 1.807) is 12.2 Å². The second kappa shape index (κ2) is 9.70. The third kappa shape index (κ3) is 8.90. The minimum absolute atomic E-state index is 0.167. The smallest absolute Gasteiger partial charge is 0.349 e. The molecule has 130 valence electrons. The molecule has 0 saturated carbocycles. The number of rotatable bonds is 12. The lowest BCUT2D eigenvalue weighted by atomic mass is 10.2. The molecule has 0 saturated heterocycles. The van der Waals surface area contributed by atoms with Gasteiger partial charge in [0.05, 0.1) is 0 Å². The van der Waals surface area contributed by atoms with E-state index in [1.165, 1.54) is 6.92 Å². The van der Waals surface area contributed by atoms with Crippen LogP contribution in [0.1, 0.15) is 26.7 Å². The summed E-state index contributed by atoms with van der Waals surface area (Å²) in [7, 11) is 0. The molecule has 0 unspecified atom stereocenters. The first-order valence-corrected chi connectivity index (χ1v) is 6.56. The van der Waals surface area contributed by atoms with Crippen LogP contribution in [0.2, 0.25) is 0 Å². The van der Waals surface area contributed by atoms with Crippen LogP contribution in [0.4, 0.5) is 17.6 Å². The zero-order valence-electron chi connectivity index (χ0n) is 12.3. The first kappa shape index (κ1) is 20.7. The predicted molar refractivity (Wildman–Crippen MR) is 66.3 cm³/mol. The molecule has 0 rings (SSSR count). The van der Waals surface area contributed by atoms with Gasteiger partial charge in [0.15, 0.2) is 5.78 Å². The molecule has 0 aromatic rings. The maximum atomic E-state index is 13.1. The van der Waals surface area contributed by atoms with E-state index in [9.17, 15) is 27.2 Å². The number of hydrogen-bond donors (Lipinski definition) is 1. The van der Waals surface area contributed by atoms with Gasteiger partial charge in [0.1, 0.15) is 20.0 Å². The summed E-state index contributed by atoms with van der Waals surface area (Å²) in [5, 5.41) is 1.66. The van der Waals surface area contributed by atoms with Crippen LogP contribution in [0.25, 0.3) is 0 Å². The van der Waals surface area contributed by atoms with Crippen molar-refractivity contribution in [1.29, 1.82) is 0 Å². The van der Waals surface area contributed by atoms with E-state index in [0.717, 1.165) is 0 Å². The quantitative estimate of drug-likeness (QED) is 0.334. The second-order valence-electron chi connectivity index (χ2n) is 4.22. The Kier molecular flexibility index (Phi) is 9.14. The lowest BCUT2D eigenvalue weighted by Gasteiger charge is -2.22. The highest BCUT2D eigenvalue weighted by atomic mass is 19.3. The summed E-state index contributed by atoms with van der Waals surface area (Å²) in [5.74, 6) is -2.21. The van der Waals surface area contributed by atoms with E-state index in [1.807, 2.05) is 0 Å². The van der Waals surface area contributed by atoms with E-state index in [4.69, 9.17) is 0 Å². The lowest BCUT2D eigenvalue weighted by Crippen LogP contribution is -2.47. The molecular formula is C12H19F4NO5. The Hall–Kier alpha value is -1.26. The van der Waals surface area contributed by atoms with Crippen molar-refractivity contribution >= 4 is 11.7 Å². The predicted octanol–water partition coefficient (Wildman–Crippen LogP) is 1.68. The minimum Gasteiger partial charge on any atom is -0.349 e. The van der Waals surface area contributed by atoms with Gasteiger partial charge in [-0.2, -0.15) is 17.6 Å². The average molecular weight is 333 g/mol. The summed E-state index contributed by atoms with van der Waals surface area (Å²) in [6.07, 6.45) is -8.20.